The number of rotatable bonds is 5. The Labute approximate surface area is 162 Å². The maximum atomic E-state index is 13.9. The number of benzene rings is 1. The van der Waals surface area contributed by atoms with Crippen LogP contribution in [0.5, 0.6) is 0 Å². The van der Waals surface area contributed by atoms with Crippen molar-refractivity contribution in [3.8, 4) is 29.0 Å². The van der Waals surface area contributed by atoms with Gasteiger partial charge in [-0.2, -0.15) is 14.0 Å². The zero-order valence-corrected chi connectivity index (χ0v) is 14.6. The Kier molecular flexibility index (Phi) is 4.78. The van der Waals surface area contributed by atoms with Crippen LogP contribution in [0.4, 0.5) is 13.2 Å². The summed E-state index contributed by atoms with van der Waals surface area (Å²) in [7, 11) is 0. The number of aromatic nitrogens is 5. The Morgan fingerprint density at radius 2 is 1.97 bits per heavy atom. The predicted molar refractivity (Wildman–Crippen MR) is 93.9 cm³/mol. The lowest BCUT2D eigenvalue weighted by Gasteiger charge is -2.08. The molecule has 3 aromatic heterocycles. The molecule has 7 nitrogen and oxygen atoms in total. The number of hydrogen-bond donors (Lipinski definition) is 0. The third-order valence-corrected chi connectivity index (χ3v) is 4.09. The van der Waals surface area contributed by atoms with Crippen LogP contribution in [0, 0.1) is 17.1 Å². The van der Waals surface area contributed by atoms with Crippen LogP contribution in [0.25, 0.3) is 23.0 Å². The molecule has 0 aliphatic carbocycles. The van der Waals surface area contributed by atoms with Crippen molar-refractivity contribution in [1.82, 2.24) is 24.7 Å². The monoisotopic (exact) mass is 396 g/mol. The highest BCUT2D eigenvalue weighted by atomic mass is 19.3. The Morgan fingerprint density at radius 3 is 2.69 bits per heavy atom. The van der Waals surface area contributed by atoms with Gasteiger partial charge in [-0.3, -0.25) is 4.98 Å². The molecule has 4 aromatic rings. The van der Waals surface area contributed by atoms with E-state index in [4.69, 9.17) is 9.68 Å². The van der Waals surface area contributed by atoms with Crippen molar-refractivity contribution in [3.05, 3.63) is 71.8 Å². The van der Waals surface area contributed by atoms with Gasteiger partial charge in [0.2, 0.25) is 5.89 Å². The maximum Gasteiger partial charge on any atom is 0.314 e. The van der Waals surface area contributed by atoms with Gasteiger partial charge < -0.3 is 8.98 Å². The van der Waals surface area contributed by atoms with Crippen molar-refractivity contribution >= 4 is 0 Å². The highest BCUT2D eigenvalue weighted by Gasteiger charge is 2.18. The molecule has 10 heteroatoms. The molecule has 0 bridgehead atoms. The van der Waals surface area contributed by atoms with Gasteiger partial charge in [-0.1, -0.05) is 6.07 Å². The number of halogens is 3. The van der Waals surface area contributed by atoms with Gasteiger partial charge in [-0.15, -0.1) is 10.2 Å². The SMILES string of the molecule is N#Cc1ccc(Cn2ccnc2-c2cc(-c3nnc(C(F)F)o3)ccn2)cc1F. The Balaban J connectivity index is 1.64. The van der Waals surface area contributed by atoms with E-state index in [2.05, 4.69) is 20.2 Å². The van der Waals surface area contributed by atoms with E-state index in [1.54, 1.807) is 41.2 Å². The second-order valence-corrected chi connectivity index (χ2v) is 5.98. The molecule has 144 valence electrons. The molecule has 0 radical (unpaired) electrons. The van der Waals surface area contributed by atoms with Crippen molar-refractivity contribution < 1.29 is 17.6 Å². The lowest BCUT2D eigenvalue weighted by Crippen LogP contribution is -2.03. The summed E-state index contributed by atoms with van der Waals surface area (Å²) < 4.78 is 45.9. The van der Waals surface area contributed by atoms with Gasteiger partial charge >= 0.3 is 6.43 Å². The highest BCUT2D eigenvalue weighted by molar-refractivity contribution is 5.61. The van der Waals surface area contributed by atoms with E-state index in [-0.39, 0.29) is 11.5 Å². The highest BCUT2D eigenvalue weighted by Crippen LogP contribution is 2.26. The van der Waals surface area contributed by atoms with Crippen LogP contribution >= 0.6 is 0 Å². The average molecular weight is 396 g/mol. The molecule has 3 heterocycles. The molecule has 0 N–H and O–H groups in total. The standard InChI is InChI=1S/C19H11F3N6O/c20-14-7-11(1-2-13(14)9-23)10-28-6-5-25-17(28)15-8-12(3-4-24-15)18-26-27-19(29-18)16(21)22/h1-8,16H,10H2. The van der Waals surface area contributed by atoms with Crippen LogP contribution in [-0.2, 0) is 6.54 Å². The van der Waals surface area contributed by atoms with Gasteiger partial charge in [0.1, 0.15) is 17.6 Å². The molecule has 0 fully saturated rings. The number of imidazole rings is 1. The number of alkyl halides is 2. The Bertz CT molecular complexity index is 1210. The summed E-state index contributed by atoms with van der Waals surface area (Å²) in [6, 6.07) is 9.27. The van der Waals surface area contributed by atoms with Crippen LogP contribution in [0.3, 0.4) is 0 Å². The fraction of sp³-hybridized carbons (Fsp3) is 0.105. The topological polar surface area (TPSA) is 93.4 Å². The molecule has 1 aromatic carbocycles. The molecule has 0 saturated heterocycles. The molecule has 0 aliphatic heterocycles. The molecular formula is C19H11F3N6O. The summed E-state index contributed by atoms with van der Waals surface area (Å²) in [6.07, 6.45) is 1.87. The second kappa shape index (κ2) is 7.55. The zero-order valence-electron chi connectivity index (χ0n) is 14.6. The molecule has 0 atom stereocenters. The third-order valence-electron chi connectivity index (χ3n) is 4.09. The summed E-state index contributed by atoms with van der Waals surface area (Å²) in [6.45, 7) is 0.292. The molecule has 0 spiro atoms. The predicted octanol–water partition coefficient (Wildman–Crippen LogP) is 3.99. The quantitative estimate of drug-likeness (QED) is 0.506. The fourth-order valence-corrected chi connectivity index (χ4v) is 2.74. The van der Waals surface area contributed by atoms with Gasteiger partial charge in [0, 0.05) is 30.7 Å². The zero-order chi connectivity index (χ0) is 20.4. The first-order valence-corrected chi connectivity index (χ1v) is 8.33. The van der Waals surface area contributed by atoms with E-state index < -0.39 is 18.1 Å². The number of nitrogens with zero attached hydrogens (tertiary/aromatic N) is 6. The van der Waals surface area contributed by atoms with Crippen molar-refractivity contribution in [2.45, 2.75) is 13.0 Å². The molecule has 0 amide bonds. The summed E-state index contributed by atoms with van der Waals surface area (Å²) >= 11 is 0. The average Bonchev–Trinajstić information content (AvgIpc) is 3.38. The van der Waals surface area contributed by atoms with Crippen molar-refractivity contribution in [2.75, 3.05) is 0 Å². The minimum Gasteiger partial charge on any atom is -0.415 e. The van der Waals surface area contributed by atoms with E-state index in [1.807, 2.05) is 0 Å². The van der Waals surface area contributed by atoms with Gasteiger partial charge in [-0.05, 0) is 29.8 Å². The van der Waals surface area contributed by atoms with E-state index >= 15 is 0 Å². The van der Waals surface area contributed by atoms with Gasteiger partial charge in [0.05, 0.1) is 5.56 Å². The summed E-state index contributed by atoms with van der Waals surface area (Å²) in [5.41, 5.74) is 1.46. The van der Waals surface area contributed by atoms with Crippen LogP contribution in [0.15, 0.2) is 53.3 Å². The van der Waals surface area contributed by atoms with Crippen molar-refractivity contribution in [3.63, 3.8) is 0 Å². The van der Waals surface area contributed by atoms with Crippen LogP contribution < -0.4 is 0 Å². The van der Waals surface area contributed by atoms with Crippen molar-refractivity contribution in [1.29, 1.82) is 5.26 Å². The molecule has 0 unspecified atom stereocenters. The van der Waals surface area contributed by atoms with E-state index in [0.29, 0.717) is 29.2 Å². The molecule has 0 aliphatic rings. The molecular weight excluding hydrogens is 385 g/mol. The largest absolute Gasteiger partial charge is 0.415 e. The Hall–Kier alpha value is -4.00. The van der Waals surface area contributed by atoms with E-state index in [0.717, 1.165) is 0 Å². The smallest absolute Gasteiger partial charge is 0.314 e. The van der Waals surface area contributed by atoms with Crippen LogP contribution in [0.2, 0.25) is 0 Å². The first kappa shape index (κ1) is 18.4. The number of hydrogen-bond acceptors (Lipinski definition) is 6. The van der Waals surface area contributed by atoms with Crippen molar-refractivity contribution in [2.24, 2.45) is 0 Å². The minimum atomic E-state index is -2.86. The maximum absolute atomic E-state index is 13.9. The minimum absolute atomic E-state index is 0.0308. The molecule has 0 saturated carbocycles. The number of pyridine rings is 1. The normalized spacial score (nSPS) is 11.0. The molecule has 4 rings (SSSR count). The van der Waals surface area contributed by atoms with Gasteiger partial charge in [0.15, 0.2) is 5.82 Å². The van der Waals surface area contributed by atoms with E-state index in [9.17, 15) is 13.2 Å². The summed E-state index contributed by atoms with van der Waals surface area (Å²) in [4.78, 5) is 8.53. The summed E-state index contributed by atoms with van der Waals surface area (Å²) in [5, 5.41) is 15.8. The number of nitriles is 1. The van der Waals surface area contributed by atoms with Crippen LogP contribution in [0.1, 0.15) is 23.4 Å². The lowest BCUT2D eigenvalue weighted by molar-refractivity contribution is 0.116. The molecule has 29 heavy (non-hydrogen) atoms. The fourth-order valence-electron chi connectivity index (χ4n) is 2.74. The lowest BCUT2D eigenvalue weighted by atomic mass is 10.1. The first-order chi connectivity index (χ1) is 14.0. The Morgan fingerprint density at radius 1 is 1.10 bits per heavy atom. The second-order valence-electron chi connectivity index (χ2n) is 5.98. The summed E-state index contributed by atoms with van der Waals surface area (Å²) in [5.74, 6) is -0.942. The van der Waals surface area contributed by atoms with Gasteiger partial charge in [0.25, 0.3) is 5.89 Å². The van der Waals surface area contributed by atoms with Gasteiger partial charge in [-0.25, -0.2) is 9.37 Å². The van der Waals surface area contributed by atoms with E-state index in [1.165, 1.54) is 18.3 Å². The third kappa shape index (κ3) is 3.70. The first-order valence-electron chi connectivity index (χ1n) is 8.33. The van der Waals surface area contributed by atoms with Crippen LogP contribution in [-0.4, -0.2) is 24.7 Å².